The zero-order valence-electron chi connectivity index (χ0n) is 16.1. The van der Waals surface area contributed by atoms with Gasteiger partial charge in [-0.3, -0.25) is 9.59 Å². The second-order valence-corrected chi connectivity index (χ2v) is 7.60. The van der Waals surface area contributed by atoms with E-state index in [0.29, 0.717) is 12.3 Å². The number of hydrogen-bond donors (Lipinski definition) is 2. The zero-order valence-corrected chi connectivity index (χ0v) is 16.1. The van der Waals surface area contributed by atoms with Crippen LogP contribution in [0.5, 0.6) is 0 Å². The molecule has 2 N–H and O–H groups in total. The SMILES string of the molecule is CC(CCC(=O)NCCCCCCCC(=O)O)CCN1CCCCC1. The fourth-order valence-electron chi connectivity index (χ4n) is 3.36. The summed E-state index contributed by atoms with van der Waals surface area (Å²) in [4.78, 5) is 24.8. The molecule has 0 aromatic heterocycles. The van der Waals surface area contributed by atoms with Gasteiger partial charge in [-0.15, -0.1) is 0 Å². The fraction of sp³-hybridized carbons (Fsp3) is 0.900. The van der Waals surface area contributed by atoms with Crippen LogP contribution in [-0.2, 0) is 9.59 Å². The van der Waals surface area contributed by atoms with E-state index in [1.807, 2.05) is 0 Å². The summed E-state index contributed by atoms with van der Waals surface area (Å²) in [7, 11) is 0. The van der Waals surface area contributed by atoms with E-state index in [1.54, 1.807) is 0 Å². The van der Waals surface area contributed by atoms with Crippen LogP contribution in [0, 0.1) is 5.92 Å². The van der Waals surface area contributed by atoms with Crippen molar-refractivity contribution in [2.75, 3.05) is 26.2 Å². The maximum atomic E-state index is 11.9. The highest BCUT2D eigenvalue weighted by Crippen LogP contribution is 2.14. The van der Waals surface area contributed by atoms with Crippen molar-refractivity contribution in [1.82, 2.24) is 10.2 Å². The molecule has 5 heteroatoms. The average molecular weight is 355 g/mol. The number of rotatable bonds is 14. The van der Waals surface area contributed by atoms with Crippen molar-refractivity contribution in [3.63, 3.8) is 0 Å². The number of nitrogens with one attached hydrogen (secondary N) is 1. The standard InChI is InChI=1S/C20H38N2O3/c1-18(13-17-22-15-8-5-9-16-22)11-12-19(23)21-14-7-4-2-3-6-10-20(24)25/h18H,2-17H2,1H3,(H,21,23)(H,24,25). The number of unbranched alkanes of at least 4 members (excludes halogenated alkanes) is 4. The second kappa shape index (κ2) is 14.1. The molecule has 1 amide bonds. The Morgan fingerprint density at radius 1 is 0.960 bits per heavy atom. The Morgan fingerprint density at radius 2 is 1.64 bits per heavy atom. The first kappa shape index (κ1) is 21.9. The molecule has 1 heterocycles. The van der Waals surface area contributed by atoms with Gasteiger partial charge in [0.05, 0.1) is 0 Å². The van der Waals surface area contributed by atoms with Gasteiger partial charge in [-0.05, 0) is 64.1 Å². The molecule has 0 aliphatic carbocycles. The molecule has 1 aliphatic rings. The Labute approximate surface area is 153 Å². The summed E-state index contributed by atoms with van der Waals surface area (Å²) >= 11 is 0. The number of carbonyl (C=O) groups is 2. The topological polar surface area (TPSA) is 69.6 Å². The summed E-state index contributed by atoms with van der Waals surface area (Å²) in [6.45, 7) is 6.70. The molecular weight excluding hydrogens is 316 g/mol. The first-order valence-electron chi connectivity index (χ1n) is 10.3. The number of nitrogens with zero attached hydrogens (tertiary/aromatic N) is 1. The highest BCUT2D eigenvalue weighted by Gasteiger charge is 2.12. The lowest BCUT2D eigenvalue weighted by Gasteiger charge is -2.27. The van der Waals surface area contributed by atoms with Crippen LogP contribution in [0.3, 0.4) is 0 Å². The van der Waals surface area contributed by atoms with Gasteiger partial charge >= 0.3 is 5.97 Å². The van der Waals surface area contributed by atoms with Gasteiger partial charge in [0.15, 0.2) is 0 Å². The number of likely N-dealkylation sites (tertiary alicyclic amines) is 1. The van der Waals surface area contributed by atoms with Crippen LogP contribution in [0.25, 0.3) is 0 Å². The number of piperidine rings is 1. The van der Waals surface area contributed by atoms with Gasteiger partial charge < -0.3 is 15.3 Å². The van der Waals surface area contributed by atoms with Crippen LogP contribution >= 0.6 is 0 Å². The molecule has 0 bridgehead atoms. The summed E-state index contributed by atoms with van der Waals surface area (Å²) < 4.78 is 0. The van der Waals surface area contributed by atoms with Crippen LogP contribution in [-0.4, -0.2) is 48.1 Å². The lowest BCUT2D eigenvalue weighted by molar-refractivity contribution is -0.137. The molecule has 25 heavy (non-hydrogen) atoms. The van der Waals surface area contributed by atoms with E-state index in [4.69, 9.17) is 5.11 Å². The van der Waals surface area contributed by atoms with Crippen LogP contribution in [0.15, 0.2) is 0 Å². The van der Waals surface area contributed by atoms with E-state index in [2.05, 4.69) is 17.1 Å². The second-order valence-electron chi connectivity index (χ2n) is 7.60. The van der Waals surface area contributed by atoms with Gasteiger partial charge in [0, 0.05) is 19.4 Å². The summed E-state index contributed by atoms with van der Waals surface area (Å²) in [6.07, 6.45) is 12.0. The minimum Gasteiger partial charge on any atom is -0.481 e. The molecule has 0 aromatic rings. The van der Waals surface area contributed by atoms with Crippen molar-refractivity contribution in [2.24, 2.45) is 5.92 Å². The highest BCUT2D eigenvalue weighted by molar-refractivity contribution is 5.75. The van der Waals surface area contributed by atoms with Gasteiger partial charge in [0.2, 0.25) is 5.91 Å². The van der Waals surface area contributed by atoms with E-state index in [1.165, 1.54) is 45.3 Å². The first-order valence-corrected chi connectivity index (χ1v) is 10.3. The molecule has 1 saturated heterocycles. The molecule has 1 rings (SSSR count). The number of carbonyl (C=O) groups excluding carboxylic acids is 1. The monoisotopic (exact) mass is 354 g/mol. The summed E-state index contributed by atoms with van der Waals surface area (Å²) in [6, 6.07) is 0. The minimum absolute atomic E-state index is 0.177. The Hall–Kier alpha value is -1.10. The van der Waals surface area contributed by atoms with E-state index >= 15 is 0 Å². The fourth-order valence-corrected chi connectivity index (χ4v) is 3.36. The maximum absolute atomic E-state index is 11.9. The van der Waals surface area contributed by atoms with Gasteiger partial charge in [-0.1, -0.05) is 32.6 Å². The third kappa shape index (κ3) is 12.9. The Morgan fingerprint density at radius 3 is 2.36 bits per heavy atom. The third-order valence-electron chi connectivity index (χ3n) is 5.14. The van der Waals surface area contributed by atoms with Gasteiger partial charge in [0.25, 0.3) is 0 Å². The van der Waals surface area contributed by atoms with Crippen LogP contribution in [0.4, 0.5) is 0 Å². The molecule has 1 fully saturated rings. The molecule has 0 radical (unpaired) electrons. The van der Waals surface area contributed by atoms with E-state index in [9.17, 15) is 9.59 Å². The largest absolute Gasteiger partial charge is 0.481 e. The van der Waals surface area contributed by atoms with Crippen molar-refractivity contribution in [1.29, 1.82) is 0 Å². The van der Waals surface area contributed by atoms with Crippen LogP contribution in [0.1, 0.15) is 84.0 Å². The van der Waals surface area contributed by atoms with Crippen molar-refractivity contribution >= 4 is 11.9 Å². The zero-order chi connectivity index (χ0) is 18.3. The quantitative estimate of drug-likeness (QED) is 0.465. The predicted molar refractivity (Wildman–Crippen MR) is 102 cm³/mol. The van der Waals surface area contributed by atoms with Crippen molar-refractivity contribution in [3.05, 3.63) is 0 Å². The minimum atomic E-state index is -0.711. The summed E-state index contributed by atoms with van der Waals surface area (Å²) in [5, 5.41) is 11.6. The molecule has 0 spiro atoms. The van der Waals surface area contributed by atoms with E-state index < -0.39 is 5.97 Å². The number of carboxylic acids is 1. The third-order valence-corrected chi connectivity index (χ3v) is 5.14. The van der Waals surface area contributed by atoms with Gasteiger partial charge in [-0.2, -0.15) is 0 Å². The van der Waals surface area contributed by atoms with Gasteiger partial charge in [0.1, 0.15) is 0 Å². The normalized spacial score (nSPS) is 16.5. The van der Waals surface area contributed by atoms with Crippen molar-refractivity contribution < 1.29 is 14.7 Å². The maximum Gasteiger partial charge on any atom is 0.303 e. The number of aliphatic carboxylic acids is 1. The van der Waals surface area contributed by atoms with Crippen LogP contribution in [0.2, 0.25) is 0 Å². The number of hydrogen-bond acceptors (Lipinski definition) is 3. The van der Waals surface area contributed by atoms with Crippen molar-refractivity contribution in [2.45, 2.75) is 84.0 Å². The van der Waals surface area contributed by atoms with Crippen molar-refractivity contribution in [3.8, 4) is 0 Å². The van der Waals surface area contributed by atoms with E-state index in [0.717, 1.165) is 45.1 Å². The molecule has 0 saturated carbocycles. The average Bonchev–Trinajstić information content (AvgIpc) is 2.61. The lowest BCUT2D eigenvalue weighted by Crippen LogP contribution is -2.31. The molecular formula is C20H38N2O3. The van der Waals surface area contributed by atoms with E-state index in [-0.39, 0.29) is 12.3 Å². The smallest absolute Gasteiger partial charge is 0.303 e. The number of amides is 1. The lowest BCUT2D eigenvalue weighted by atomic mass is 10.0. The molecule has 0 aromatic carbocycles. The highest BCUT2D eigenvalue weighted by atomic mass is 16.4. The molecule has 146 valence electrons. The summed E-state index contributed by atoms with van der Waals surface area (Å²) in [5.74, 6) is 0.0787. The molecule has 5 nitrogen and oxygen atoms in total. The summed E-state index contributed by atoms with van der Waals surface area (Å²) in [5.41, 5.74) is 0. The number of carboxylic acid groups (broad SMARTS) is 1. The molecule has 1 unspecified atom stereocenters. The first-order chi connectivity index (χ1) is 12.1. The Balaban J connectivity index is 1.89. The Kier molecular flexibility index (Phi) is 12.4. The molecule has 1 atom stereocenters. The van der Waals surface area contributed by atoms with Crippen LogP contribution < -0.4 is 5.32 Å². The molecule has 1 aliphatic heterocycles. The van der Waals surface area contributed by atoms with Gasteiger partial charge in [-0.25, -0.2) is 0 Å². The predicted octanol–water partition coefficient (Wildman–Crippen LogP) is 3.82. The Bertz CT molecular complexity index is 368.